The summed E-state index contributed by atoms with van der Waals surface area (Å²) < 4.78 is 6.14. The minimum atomic E-state index is -0.401. The number of ether oxygens (including phenoxy) is 1. The summed E-state index contributed by atoms with van der Waals surface area (Å²) >= 11 is 7.61. The summed E-state index contributed by atoms with van der Waals surface area (Å²) in [5.41, 5.74) is 0.488. The van der Waals surface area contributed by atoms with Gasteiger partial charge in [-0.1, -0.05) is 18.5 Å². The number of hydrogen-bond acceptors (Lipinski definition) is 5. The highest BCUT2D eigenvalue weighted by Crippen LogP contribution is 2.30. The van der Waals surface area contributed by atoms with E-state index in [1.54, 1.807) is 23.9 Å². The molecule has 8 heteroatoms. The van der Waals surface area contributed by atoms with Gasteiger partial charge in [-0.15, -0.1) is 11.8 Å². The predicted octanol–water partition coefficient (Wildman–Crippen LogP) is 2.91. The quantitative estimate of drug-likeness (QED) is 0.762. The summed E-state index contributed by atoms with van der Waals surface area (Å²) in [6, 6.07) is 8.05. The van der Waals surface area contributed by atoms with Gasteiger partial charge in [0.05, 0.1) is 18.8 Å². The van der Waals surface area contributed by atoms with Crippen molar-refractivity contribution in [2.45, 2.75) is 18.4 Å². The van der Waals surface area contributed by atoms with Crippen molar-refractivity contribution in [3.63, 3.8) is 0 Å². The predicted molar refractivity (Wildman–Crippen MR) is 96.2 cm³/mol. The summed E-state index contributed by atoms with van der Waals surface area (Å²) in [6.45, 7) is 2.65. The fourth-order valence-corrected chi connectivity index (χ4v) is 2.89. The molecule has 1 aromatic carbocycles. The average Bonchev–Trinajstić information content (AvgIpc) is 2.56. The lowest BCUT2D eigenvalue weighted by Crippen LogP contribution is -2.27. The number of benzene rings is 1. The van der Waals surface area contributed by atoms with E-state index in [1.165, 1.54) is 23.9 Å². The third kappa shape index (κ3) is 4.83. The number of carbonyl (C=O) groups excluding carboxylic acids is 1. The lowest BCUT2D eigenvalue weighted by atomic mass is 10.3. The van der Waals surface area contributed by atoms with Gasteiger partial charge in [-0.05, 0) is 30.0 Å². The number of nitrogens with zero attached hydrogens (tertiary/aromatic N) is 2. The SMILES string of the molecule is CCSc1ccc(Cl)cc1NC(=O)c1ccc(=O)n(CCOC)n1. The van der Waals surface area contributed by atoms with Crippen molar-refractivity contribution >= 4 is 35.0 Å². The maximum Gasteiger partial charge on any atom is 0.276 e. The van der Waals surface area contributed by atoms with Gasteiger partial charge in [0.2, 0.25) is 0 Å². The number of anilines is 1. The van der Waals surface area contributed by atoms with Crippen LogP contribution >= 0.6 is 23.4 Å². The maximum atomic E-state index is 12.4. The van der Waals surface area contributed by atoms with Crippen LogP contribution < -0.4 is 10.9 Å². The number of amides is 1. The first kappa shape index (κ1) is 18.5. The van der Waals surface area contributed by atoms with Gasteiger partial charge in [-0.25, -0.2) is 4.68 Å². The van der Waals surface area contributed by atoms with E-state index in [-0.39, 0.29) is 17.8 Å². The van der Waals surface area contributed by atoms with Crippen molar-refractivity contribution in [1.29, 1.82) is 0 Å². The van der Waals surface area contributed by atoms with E-state index in [0.29, 0.717) is 17.3 Å². The molecule has 128 valence electrons. The van der Waals surface area contributed by atoms with Crippen LogP contribution in [-0.4, -0.2) is 35.2 Å². The molecule has 0 radical (unpaired) electrons. The number of methoxy groups -OCH3 is 1. The topological polar surface area (TPSA) is 73.2 Å². The zero-order valence-corrected chi connectivity index (χ0v) is 15.0. The van der Waals surface area contributed by atoms with Crippen molar-refractivity contribution in [2.75, 3.05) is 24.8 Å². The summed E-state index contributed by atoms with van der Waals surface area (Å²) in [7, 11) is 1.54. The molecular formula is C16H18ClN3O3S. The fraction of sp³-hybridized carbons (Fsp3) is 0.312. The molecule has 0 atom stereocenters. The molecule has 6 nitrogen and oxygen atoms in total. The highest BCUT2D eigenvalue weighted by atomic mass is 35.5. The van der Waals surface area contributed by atoms with E-state index >= 15 is 0 Å². The van der Waals surface area contributed by atoms with Crippen molar-refractivity contribution < 1.29 is 9.53 Å². The van der Waals surface area contributed by atoms with E-state index in [1.807, 2.05) is 13.0 Å². The van der Waals surface area contributed by atoms with Crippen molar-refractivity contribution in [3.05, 3.63) is 51.4 Å². The Bertz CT molecular complexity index is 779. The molecule has 0 unspecified atom stereocenters. The Hall–Kier alpha value is -1.83. The van der Waals surface area contributed by atoms with Gasteiger partial charge in [0.15, 0.2) is 0 Å². The van der Waals surface area contributed by atoms with Crippen LogP contribution in [0, 0.1) is 0 Å². The highest BCUT2D eigenvalue weighted by molar-refractivity contribution is 7.99. The number of carbonyl (C=O) groups is 1. The van der Waals surface area contributed by atoms with Crippen LogP contribution in [0.2, 0.25) is 5.02 Å². The van der Waals surface area contributed by atoms with Crippen LogP contribution in [0.4, 0.5) is 5.69 Å². The Morgan fingerprint density at radius 3 is 2.88 bits per heavy atom. The Morgan fingerprint density at radius 1 is 1.38 bits per heavy atom. The van der Waals surface area contributed by atoms with E-state index in [0.717, 1.165) is 10.6 Å². The molecule has 0 fully saturated rings. The molecule has 1 heterocycles. The molecule has 0 bridgehead atoms. The first-order valence-corrected chi connectivity index (χ1v) is 8.72. The Morgan fingerprint density at radius 2 is 2.17 bits per heavy atom. The Balaban J connectivity index is 2.24. The normalized spacial score (nSPS) is 10.6. The van der Waals surface area contributed by atoms with Crippen LogP contribution in [0.1, 0.15) is 17.4 Å². The molecule has 2 rings (SSSR count). The summed E-state index contributed by atoms with van der Waals surface area (Å²) in [4.78, 5) is 25.1. The van der Waals surface area contributed by atoms with E-state index < -0.39 is 5.91 Å². The molecule has 0 aliphatic heterocycles. The van der Waals surface area contributed by atoms with Gasteiger partial charge >= 0.3 is 0 Å². The van der Waals surface area contributed by atoms with Crippen molar-refractivity contribution in [3.8, 4) is 0 Å². The summed E-state index contributed by atoms with van der Waals surface area (Å²) in [6.07, 6.45) is 0. The third-order valence-electron chi connectivity index (χ3n) is 3.10. The van der Waals surface area contributed by atoms with Crippen LogP contribution in [0.5, 0.6) is 0 Å². The minimum absolute atomic E-state index is 0.151. The molecule has 0 aliphatic rings. The average molecular weight is 368 g/mol. The maximum absolute atomic E-state index is 12.4. The van der Waals surface area contributed by atoms with Crippen LogP contribution in [0.25, 0.3) is 0 Å². The fourth-order valence-electron chi connectivity index (χ4n) is 1.98. The zero-order valence-electron chi connectivity index (χ0n) is 13.4. The number of hydrogen-bond donors (Lipinski definition) is 1. The second kappa shape index (κ2) is 8.86. The molecule has 1 N–H and O–H groups in total. The molecule has 0 spiro atoms. The molecule has 2 aromatic rings. The van der Waals surface area contributed by atoms with Crippen LogP contribution in [-0.2, 0) is 11.3 Å². The third-order valence-corrected chi connectivity index (χ3v) is 4.29. The first-order valence-electron chi connectivity index (χ1n) is 7.36. The minimum Gasteiger partial charge on any atom is -0.383 e. The summed E-state index contributed by atoms with van der Waals surface area (Å²) in [5, 5.41) is 7.41. The van der Waals surface area contributed by atoms with E-state index in [4.69, 9.17) is 16.3 Å². The van der Waals surface area contributed by atoms with Gasteiger partial charge in [0, 0.05) is 23.1 Å². The monoisotopic (exact) mass is 367 g/mol. The van der Waals surface area contributed by atoms with Gasteiger partial charge < -0.3 is 10.1 Å². The molecular weight excluding hydrogens is 350 g/mol. The molecule has 0 saturated heterocycles. The molecule has 0 saturated carbocycles. The number of halogens is 1. The Kier molecular flexibility index (Phi) is 6.84. The number of nitrogens with one attached hydrogen (secondary N) is 1. The standard InChI is InChI=1S/C16H18ClN3O3S/c1-3-24-14-6-4-11(17)10-13(14)18-16(22)12-5-7-15(21)20(19-12)8-9-23-2/h4-7,10H,3,8-9H2,1-2H3,(H,18,22). The lowest BCUT2D eigenvalue weighted by molar-refractivity contribution is 0.101. The largest absolute Gasteiger partial charge is 0.383 e. The first-order chi connectivity index (χ1) is 11.5. The molecule has 0 aliphatic carbocycles. The number of thioether (sulfide) groups is 1. The van der Waals surface area contributed by atoms with Crippen molar-refractivity contribution in [1.82, 2.24) is 9.78 Å². The van der Waals surface area contributed by atoms with E-state index in [9.17, 15) is 9.59 Å². The number of rotatable bonds is 7. The van der Waals surface area contributed by atoms with Gasteiger partial charge in [-0.2, -0.15) is 5.10 Å². The molecule has 24 heavy (non-hydrogen) atoms. The zero-order chi connectivity index (χ0) is 17.5. The highest BCUT2D eigenvalue weighted by Gasteiger charge is 2.13. The second-order valence-corrected chi connectivity index (χ2v) is 6.54. The molecule has 1 amide bonds. The van der Waals surface area contributed by atoms with E-state index in [2.05, 4.69) is 10.4 Å². The van der Waals surface area contributed by atoms with Crippen LogP contribution in [0.15, 0.2) is 40.0 Å². The van der Waals surface area contributed by atoms with Gasteiger partial charge in [-0.3, -0.25) is 9.59 Å². The van der Waals surface area contributed by atoms with Gasteiger partial charge in [0.1, 0.15) is 5.69 Å². The van der Waals surface area contributed by atoms with Crippen molar-refractivity contribution in [2.24, 2.45) is 0 Å². The summed E-state index contributed by atoms with van der Waals surface area (Å²) in [5.74, 6) is 0.464. The lowest BCUT2D eigenvalue weighted by Gasteiger charge is -2.11. The molecule has 1 aromatic heterocycles. The van der Waals surface area contributed by atoms with Gasteiger partial charge in [0.25, 0.3) is 11.5 Å². The Labute approximate surface area is 149 Å². The second-order valence-electron chi connectivity index (χ2n) is 4.80. The van der Waals surface area contributed by atoms with Crippen LogP contribution in [0.3, 0.4) is 0 Å². The smallest absolute Gasteiger partial charge is 0.276 e. The number of aromatic nitrogens is 2.